The zero-order chi connectivity index (χ0) is 15.4. The Hall–Kier alpha value is -2.46. The molecule has 0 aliphatic heterocycles. The van der Waals surface area contributed by atoms with Gasteiger partial charge in [-0.1, -0.05) is 30.3 Å². The lowest BCUT2D eigenvalue weighted by atomic mass is 10.0. The highest BCUT2D eigenvalue weighted by atomic mass is 15.3. The SMILES string of the molecule is CN(C)CCn1ncc(-c2ccccc2)c1-c1ccncc1. The zero-order valence-electron chi connectivity index (χ0n) is 13.0. The van der Waals surface area contributed by atoms with E-state index in [2.05, 4.69) is 58.0 Å². The van der Waals surface area contributed by atoms with Crippen LogP contribution in [0, 0.1) is 0 Å². The van der Waals surface area contributed by atoms with Crippen molar-refractivity contribution in [2.24, 2.45) is 0 Å². The summed E-state index contributed by atoms with van der Waals surface area (Å²) in [5, 5.41) is 4.61. The highest BCUT2D eigenvalue weighted by molar-refractivity contribution is 5.80. The van der Waals surface area contributed by atoms with Gasteiger partial charge in [-0.3, -0.25) is 9.67 Å². The van der Waals surface area contributed by atoms with Gasteiger partial charge in [0.05, 0.1) is 18.4 Å². The van der Waals surface area contributed by atoms with Crippen LogP contribution in [-0.4, -0.2) is 40.3 Å². The molecule has 0 N–H and O–H groups in total. The van der Waals surface area contributed by atoms with Gasteiger partial charge < -0.3 is 4.90 Å². The van der Waals surface area contributed by atoms with Gasteiger partial charge in [-0.15, -0.1) is 0 Å². The van der Waals surface area contributed by atoms with Gasteiger partial charge in [0.25, 0.3) is 0 Å². The zero-order valence-corrected chi connectivity index (χ0v) is 13.0. The molecule has 0 saturated heterocycles. The van der Waals surface area contributed by atoms with Gasteiger partial charge in [-0.05, 0) is 31.8 Å². The minimum atomic E-state index is 0.859. The molecule has 2 heterocycles. The van der Waals surface area contributed by atoms with E-state index in [4.69, 9.17) is 0 Å². The number of benzene rings is 1. The second-order valence-electron chi connectivity index (χ2n) is 5.54. The molecule has 0 unspecified atom stereocenters. The van der Waals surface area contributed by atoms with Crippen molar-refractivity contribution in [3.8, 4) is 22.4 Å². The standard InChI is InChI=1S/C18H20N4/c1-21(2)12-13-22-18(16-8-10-19-11-9-16)17(14-20-22)15-6-4-3-5-7-15/h3-11,14H,12-13H2,1-2H3. The maximum Gasteiger partial charge on any atom is 0.0762 e. The molecule has 0 radical (unpaired) electrons. The first-order valence-electron chi connectivity index (χ1n) is 7.42. The lowest BCUT2D eigenvalue weighted by molar-refractivity contribution is 0.374. The average Bonchev–Trinajstić information content (AvgIpc) is 2.98. The van der Waals surface area contributed by atoms with Crippen molar-refractivity contribution < 1.29 is 0 Å². The molecule has 0 aliphatic carbocycles. The Labute approximate surface area is 131 Å². The van der Waals surface area contributed by atoms with E-state index in [-0.39, 0.29) is 0 Å². The molecule has 22 heavy (non-hydrogen) atoms. The van der Waals surface area contributed by atoms with Crippen molar-refractivity contribution in [3.63, 3.8) is 0 Å². The predicted octanol–water partition coefficient (Wildman–Crippen LogP) is 3.17. The lowest BCUT2D eigenvalue weighted by Crippen LogP contribution is -2.19. The molecule has 0 saturated carbocycles. The minimum absolute atomic E-state index is 0.859. The van der Waals surface area contributed by atoms with E-state index in [1.807, 2.05) is 36.8 Å². The molecule has 4 heteroatoms. The number of rotatable bonds is 5. The molecule has 3 rings (SSSR count). The Bertz CT molecular complexity index is 717. The predicted molar refractivity (Wildman–Crippen MR) is 89.4 cm³/mol. The summed E-state index contributed by atoms with van der Waals surface area (Å²) < 4.78 is 2.08. The highest BCUT2D eigenvalue weighted by Crippen LogP contribution is 2.31. The second-order valence-corrected chi connectivity index (χ2v) is 5.54. The maximum atomic E-state index is 4.61. The van der Waals surface area contributed by atoms with E-state index in [0.717, 1.165) is 29.9 Å². The Balaban J connectivity index is 2.07. The molecule has 4 nitrogen and oxygen atoms in total. The van der Waals surface area contributed by atoms with Gasteiger partial charge in [0, 0.05) is 30.1 Å². The molecule has 0 fully saturated rings. The molecule has 0 amide bonds. The summed E-state index contributed by atoms with van der Waals surface area (Å²) in [7, 11) is 4.15. The van der Waals surface area contributed by atoms with Gasteiger partial charge in [0.2, 0.25) is 0 Å². The summed E-state index contributed by atoms with van der Waals surface area (Å²) in [5.41, 5.74) is 4.64. The number of likely N-dealkylation sites (N-methyl/N-ethyl adjacent to an activating group) is 1. The van der Waals surface area contributed by atoms with Crippen molar-refractivity contribution in [1.82, 2.24) is 19.7 Å². The van der Waals surface area contributed by atoms with Crippen LogP contribution < -0.4 is 0 Å². The molecule has 0 spiro atoms. The van der Waals surface area contributed by atoms with E-state index >= 15 is 0 Å². The number of hydrogen-bond acceptors (Lipinski definition) is 3. The van der Waals surface area contributed by atoms with Crippen molar-refractivity contribution in [2.45, 2.75) is 6.54 Å². The van der Waals surface area contributed by atoms with Crippen LogP contribution in [0.25, 0.3) is 22.4 Å². The molecular weight excluding hydrogens is 272 g/mol. The van der Waals surface area contributed by atoms with Crippen LogP contribution in [0.4, 0.5) is 0 Å². The quantitative estimate of drug-likeness (QED) is 0.724. The molecule has 112 valence electrons. The fourth-order valence-corrected chi connectivity index (χ4v) is 2.49. The lowest BCUT2D eigenvalue weighted by Gasteiger charge is -2.13. The summed E-state index contributed by atoms with van der Waals surface area (Å²) in [5.74, 6) is 0. The van der Waals surface area contributed by atoms with Gasteiger partial charge in [-0.25, -0.2) is 0 Å². The molecule has 2 aromatic heterocycles. The topological polar surface area (TPSA) is 34.0 Å². The first-order chi connectivity index (χ1) is 10.8. The molecule has 0 aliphatic rings. The van der Waals surface area contributed by atoms with E-state index < -0.39 is 0 Å². The van der Waals surface area contributed by atoms with Crippen molar-refractivity contribution in [2.75, 3.05) is 20.6 Å². The Morgan fingerprint density at radius 1 is 0.955 bits per heavy atom. The molecule has 3 aromatic rings. The average molecular weight is 292 g/mol. The second kappa shape index (κ2) is 6.54. The maximum absolute atomic E-state index is 4.61. The van der Waals surface area contributed by atoms with E-state index in [1.54, 1.807) is 0 Å². The van der Waals surface area contributed by atoms with Gasteiger partial charge in [0.1, 0.15) is 0 Å². The molecule has 0 bridgehead atoms. The van der Waals surface area contributed by atoms with Gasteiger partial charge in [-0.2, -0.15) is 5.10 Å². The van der Waals surface area contributed by atoms with Crippen LogP contribution in [0.15, 0.2) is 61.1 Å². The Morgan fingerprint density at radius 2 is 1.68 bits per heavy atom. The largest absolute Gasteiger partial charge is 0.308 e. The van der Waals surface area contributed by atoms with Gasteiger partial charge >= 0.3 is 0 Å². The summed E-state index contributed by atoms with van der Waals surface area (Å²) >= 11 is 0. The van der Waals surface area contributed by atoms with Crippen LogP contribution >= 0.6 is 0 Å². The monoisotopic (exact) mass is 292 g/mol. The molecular formula is C18H20N4. The fraction of sp³-hybridized carbons (Fsp3) is 0.222. The third-order valence-electron chi connectivity index (χ3n) is 3.64. The van der Waals surface area contributed by atoms with E-state index in [9.17, 15) is 0 Å². The summed E-state index contributed by atoms with van der Waals surface area (Å²) in [6.07, 6.45) is 5.61. The van der Waals surface area contributed by atoms with Gasteiger partial charge in [0.15, 0.2) is 0 Å². The van der Waals surface area contributed by atoms with Crippen LogP contribution in [0.3, 0.4) is 0 Å². The highest BCUT2D eigenvalue weighted by Gasteiger charge is 2.14. The van der Waals surface area contributed by atoms with Crippen LogP contribution in [0.1, 0.15) is 0 Å². The number of pyridine rings is 1. The van der Waals surface area contributed by atoms with Crippen LogP contribution in [-0.2, 0) is 6.54 Å². The summed E-state index contributed by atoms with van der Waals surface area (Å²) in [6.45, 7) is 1.81. The van der Waals surface area contributed by atoms with Crippen molar-refractivity contribution in [1.29, 1.82) is 0 Å². The molecule has 0 atom stereocenters. The Morgan fingerprint density at radius 3 is 2.36 bits per heavy atom. The number of nitrogens with zero attached hydrogens (tertiary/aromatic N) is 4. The minimum Gasteiger partial charge on any atom is -0.308 e. The smallest absolute Gasteiger partial charge is 0.0762 e. The third-order valence-corrected chi connectivity index (χ3v) is 3.64. The van der Waals surface area contributed by atoms with Crippen molar-refractivity contribution in [3.05, 3.63) is 61.1 Å². The van der Waals surface area contributed by atoms with Crippen LogP contribution in [0.2, 0.25) is 0 Å². The normalized spacial score (nSPS) is 11.0. The number of aromatic nitrogens is 3. The fourth-order valence-electron chi connectivity index (χ4n) is 2.49. The van der Waals surface area contributed by atoms with Crippen LogP contribution in [0.5, 0.6) is 0 Å². The number of hydrogen-bond donors (Lipinski definition) is 0. The molecule has 1 aromatic carbocycles. The first kappa shape index (κ1) is 14.5. The third kappa shape index (κ3) is 3.07. The summed E-state index contributed by atoms with van der Waals surface area (Å²) in [4.78, 5) is 6.29. The first-order valence-corrected chi connectivity index (χ1v) is 7.42. The Kier molecular flexibility index (Phi) is 4.30. The van der Waals surface area contributed by atoms with E-state index in [0.29, 0.717) is 0 Å². The van der Waals surface area contributed by atoms with E-state index in [1.165, 1.54) is 5.56 Å². The summed E-state index contributed by atoms with van der Waals surface area (Å²) in [6, 6.07) is 14.5. The van der Waals surface area contributed by atoms with Crippen molar-refractivity contribution >= 4 is 0 Å².